The molecule has 5 rings (SSSR count). The summed E-state index contributed by atoms with van der Waals surface area (Å²) in [5.74, 6) is 0.0236. The second-order valence-electron chi connectivity index (χ2n) is 7.94. The van der Waals surface area contributed by atoms with Crippen LogP contribution in [0.2, 0.25) is 0 Å². The van der Waals surface area contributed by atoms with E-state index in [1.807, 2.05) is 18.2 Å². The minimum Gasteiger partial charge on any atom is -0.343 e. The van der Waals surface area contributed by atoms with Crippen molar-refractivity contribution in [2.45, 2.75) is 6.04 Å². The lowest BCUT2D eigenvalue weighted by Crippen LogP contribution is -2.47. The minimum absolute atomic E-state index is 0.0148. The smallest absolute Gasteiger partial charge is 0.261 e. The van der Waals surface area contributed by atoms with Gasteiger partial charge < -0.3 is 10.2 Å². The first-order valence-corrected chi connectivity index (χ1v) is 12.0. The topological polar surface area (TPSA) is 35.6 Å². The third kappa shape index (κ3) is 4.01. The van der Waals surface area contributed by atoms with Crippen LogP contribution in [0.1, 0.15) is 21.3 Å². The molecule has 1 saturated heterocycles. The average molecular weight is 436 g/mol. The van der Waals surface area contributed by atoms with Gasteiger partial charge in [-0.2, -0.15) is 0 Å². The number of nitrogens with zero attached hydrogens (tertiary/aromatic N) is 2. The van der Waals surface area contributed by atoms with Crippen LogP contribution in [0.25, 0.3) is 19.5 Å². The number of rotatable bonds is 5. The van der Waals surface area contributed by atoms with E-state index in [2.05, 4.69) is 64.6 Å². The van der Waals surface area contributed by atoms with Crippen LogP contribution in [0.3, 0.4) is 0 Å². The summed E-state index contributed by atoms with van der Waals surface area (Å²) in [5.41, 5.74) is 1.16. The summed E-state index contributed by atoms with van der Waals surface area (Å²) in [4.78, 5) is 18.8. The van der Waals surface area contributed by atoms with Gasteiger partial charge in [-0.1, -0.05) is 48.5 Å². The van der Waals surface area contributed by atoms with Gasteiger partial charge in [0.15, 0.2) is 0 Å². The fourth-order valence-corrected chi connectivity index (χ4v) is 6.48. The summed E-state index contributed by atoms with van der Waals surface area (Å²) >= 11 is 3.36. The second kappa shape index (κ2) is 8.47. The number of amides is 1. The molecule has 30 heavy (non-hydrogen) atoms. The summed E-state index contributed by atoms with van der Waals surface area (Å²) in [7, 11) is 2.17. The van der Waals surface area contributed by atoms with Crippen molar-refractivity contribution in [3.63, 3.8) is 0 Å². The van der Waals surface area contributed by atoms with Gasteiger partial charge in [0.25, 0.3) is 5.91 Å². The number of carbonyl (C=O) groups excluding carboxylic acids is 1. The zero-order valence-electron chi connectivity index (χ0n) is 17.0. The Balaban J connectivity index is 1.38. The molecule has 1 atom stereocenters. The van der Waals surface area contributed by atoms with E-state index in [1.54, 1.807) is 22.7 Å². The normalized spacial score (nSPS) is 16.8. The third-order valence-electron chi connectivity index (χ3n) is 5.82. The molecule has 0 spiro atoms. The zero-order valence-corrected chi connectivity index (χ0v) is 18.6. The highest BCUT2D eigenvalue weighted by Crippen LogP contribution is 2.39. The Hall–Kier alpha value is -2.25. The maximum atomic E-state index is 13.2. The summed E-state index contributed by atoms with van der Waals surface area (Å²) in [6, 6.07) is 20.8. The molecule has 0 aliphatic carbocycles. The number of carbonyl (C=O) groups is 1. The maximum Gasteiger partial charge on any atom is 0.261 e. The van der Waals surface area contributed by atoms with Crippen LogP contribution >= 0.6 is 22.7 Å². The van der Waals surface area contributed by atoms with Gasteiger partial charge in [0.2, 0.25) is 0 Å². The molecule has 4 aromatic rings. The van der Waals surface area contributed by atoms with Crippen molar-refractivity contribution in [3.05, 3.63) is 71.1 Å². The standard InChI is InChI=1S/C24H25N3OS2/c1-26-11-13-27(14-12-26)16-19(17-7-3-2-4-8-17)25-24(28)22-15-21-23(30-22)18-9-5-6-10-20(18)29-21/h2-10,15,19H,11-14,16H2,1H3,(H,25,28). The van der Waals surface area contributed by atoms with Crippen molar-refractivity contribution in [1.82, 2.24) is 15.1 Å². The van der Waals surface area contributed by atoms with Crippen molar-refractivity contribution in [2.75, 3.05) is 39.8 Å². The Morgan fingerprint density at radius 3 is 2.50 bits per heavy atom. The van der Waals surface area contributed by atoms with Crippen molar-refractivity contribution in [1.29, 1.82) is 0 Å². The van der Waals surface area contributed by atoms with E-state index in [0.29, 0.717) is 0 Å². The number of thiophene rings is 2. The van der Waals surface area contributed by atoms with E-state index in [0.717, 1.165) is 43.2 Å². The van der Waals surface area contributed by atoms with E-state index in [9.17, 15) is 4.79 Å². The largest absolute Gasteiger partial charge is 0.343 e. The number of piperazine rings is 1. The van der Waals surface area contributed by atoms with Crippen molar-refractivity contribution >= 4 is 48.1 Å². The van der Waals surface area contributed by atoms with Crippen molar-refractivity contribution in [2.24, 2.45) is 0 Å². The highest BCUT2D eigenvalue weighted by molar-refractivity contribution is 7.33. The molecule has 6 heteroatoms. The van der Waals surface area contributed by atoms with Crippen LogP contribution in [-0.2, 0) is 0 Å². The Kier molecular flexibility index (Phi) is 5.56. The SMILES string of the molecule is CN1CCN(CC(NC(=O)c2cc3sc4ccccc4c3s2)c2ccccc2)CC1. The van der Waals surface area contributed by atoms with Gasteiger partial charge in [-0.05, 0) is 24.7 Å². The molecule has 1 N–H and O–H groups in total. The first kappa shape index (κ1) is 19.7. The Morgan fingerprint density at radius 2 is 1.70 bits per heavy atom. The molecule has 0 radical (unpaired) electrons. The predicted molar refractivity (Wildman–Crippen MR) is 128 cm³/mol. The molecule has 1 unspecified atom stereocenters. The molecule has 154 valence electrons. The molecule has 1 aliphatic rings. The molecule has 4 nitrogen and oxygen atoms in total. The molecule has 1 aliphatic heterocycles. The van der Waals surface area contributed by atoms with Gasteiger partial charge in [0.1, 0.15) is 0 Å². The van der Waals surface area contributed by atoms with Gasteiger partial charge in [-0.15, -0.1) is 22.7 Å². The second-order valence-corrected chi connectivity index (χ2v) is 10.1. The van der Waals surface area contributed by atoms with E-state index < -0.39 is 0 Å². The highest BCUT2D eigenvalue weighted by atomic mass is 32.1. The number of nitrogens with one attached hydrogen (secondary N) is 1. The van der Waals surface area contributed by atoms with Gasteiger partial charge in [-0.3, -0.25) is 9.69 Å². The lowest BCUT2D eigenvalue weighted by Gasteiger charge is -2.35. The summed E-state index contributed by atoms with van der Waals surface area (Å²) in [5, 5.41) is 4.58. The summed E-state index contributed by atoms with van der Waals surface area (Å²) in [6.45, 7) is 5.06. The molecule has 3 heterocycles. The lowest BCUT2D eigenvalue weighted by atomic mass is 10.1. The molecular formula is C24H25N3OS2. The quantitative estimate of drug-likeness (QED) is 0.487. The first-order valence-electron chi connectivity index (χ1n) is 10.3. The first-order chi connectivity index (χ1) is 14.7. The van der Waals surface area contributed by atoms with E-state index in [4.69, 9.17) is 0 Å². The van der Waals surface area contributed by atoms with Crippen LogP contribution < -0.4 is 5.32 Å². The van der Waals surface area contributed by atoms with Crippen LogP contribution in [0.4, 0.5) is 0 Å². The Bertz CT molecular complexity index is 1160. The van der Waals surface area contributed by atoms with E-state index >= 15 is 0 Å². The lowest BCUT2D eigenvalue weighted by molar-refractivity contribution is 0.0911. The number of benzene rings is 2. The molecule has 2 aromatic heterocycles. The molecule has 2 aromatic carbocycles. The van der Waals surface area contributed by atoms with Gasteiger partial charge >= 0.3 is 0 Å². The van der Waals surface area contributed by atoms with Crippen LogP contribution in [-0.4, -0.2) is 55.5 Å². The molecule has 1 fully saturated rings. The molecule has 0 bridgehead atoms. The Morgan fingerprint density at radius 1 is 0.967 bits per heavy atom. The third-order valence-corrected chi connectivity index (χ3v) is 8.23. The molecular weight excluding hydrogens is 410 g/mol. The van der Waals surface area contributed by atoms with Crippen molar-refractivity contribution in [3.8, 4) is 0 Å². The average Bonchev–Trinajstić information content (AvgIpc) is 3.34. The number of likely N-dealkylation sites (N-methyl/N-ethyl adjacent to an activating group) is 1. The van der Waals surface area contributed by atoms with E-state index in [1.165, 1.54) is 19.5 Å². The fourth-order valence-electron chi connectivity index (χ4n) is 4.05. The molecule has 1 amide bonds. The minimum atomic E-state index is -0.0148. The molecule has 0 saturated carbocycles. The monoisotopic (exact) mass is 435 g/mol. The van der Waals surface area contributed by atoms with Crippen LogP contribution in [0.5, 0.6) is 0 Å². The summed E-state index contributed by atoms with van der Waals surface area (Å²) in [6.07, 6.45) is 0. The van der Waals surface area contributed by atoms with Crippen LogP contribution in [0.15, 0.2) is 60.7 Å². The number of hydrogen-bond donors (Lipinski definition) is 1. The number of hydrogen-bond acceptors (Lipinski definition) is 5. The predicted octanol–water partition coefficient (Wildman–Crippen LogP) is 4.83. The van der Waals surface area contributed by atoms with E-state index in [-0.39, 0.29) is 11.9 Å². The zero-order chi connectivity index (χ0) is 20.5. The Labute approximate surface area is 184 Å². The van der Waals surface area contributed by atoms with Gasteiger partial charge in [-0.25, -0.2) is 0 Å². The fraction of sp³-hybridized carbons (Fsp3) is 0.292. The van der Waals surface area contributed by atoms with Crippen LogP contribution in [0, 0.1) is 0 Å². The van der Waals surface area contributed by atoms with Gasteiger partial charge in [0.05, 0.1) is 15.6 Å². The van der Waals surface area contributed by atoms with Gasteiger partial charge in [0, 0.05) is 47.5 Å². The maximum absolute atomic E-state index is 13.2. The number of fused-ring (bicyclic) bond motifs is 3. The van der Waals surface area contributed by atoms with Crippen molar-refractivity contribution < 1.29 is 4.79 Å². The highest BCUT2D eigenvalue weighted by Gasteiger charge is 2.23. The summed E-state index contributed by atoms with van der Waals surface area (Å²) < 4.78 is 3.70.